The zero-order chi connectivity index (χ0) is 21.0. The van der Waals surface area contributed by atoms with Crippen LogP contribution in [0.5, 0.6) is 0 Å². The molecule has 0 unspecified atom stereocenters. The number of likely N-dealkylation sites (tertiary alicyclic amines) is 1. The molecule has 1 aromatic carbocycles. The van der Waals surface area contributed by atoms with Gasteiger partial charge >= 0.3 is 6.09 Å². The summed E-state index contributed by atoms with van der Waals surface area (Å²) in [7, 11) is 0. The molecule has 0 atom stereocenters. The molecular weight excluding hydrogens is 364 g/mol. The van der Waals surface area contributed by atoms with Gasteiger partial charge in [-0.25, -0.2) is 4.79 Å². The van der Waals surface area contributed by atoms with Crippen molar-refractivity contribution in [3.8, 4) is 6.07 Å². The van der Waals surface area contributed by atoms with Crippen molar-refractivity contribution in [2.45, 2.75) is 64.4 Å². The fourth-order valence-electron chi connectivity index (χ4n) is 3.56. The van der Waals surface area contributed by atoms with Crippen LogP contribution < -0.4 is 5.73 Å². The molecule has 154 valence electrons. The number of ether oxygens (including phenoxy) is 1. The minimum absolute atomic E-state index is 0.108. The van der Waals surface area contributed by atoms with Crippen LogP contribution >= 0.6 is 0 Å². The van der Waals surface area contributed by atoms with Crippen LogP contribution in [0.3, 0.4) is 0 Å². The summed E-state index contributed by atoms with van der Waals surface area (Å²) in [5.74, 6) is 0.690. The zero-order valence-electron chi connectivity index (χ0n) is 17.6. The second-order valence-electron chi connectivity index (χ2n) is 8.77. The van der Waals surface area contributed by atoms with Crippen molar-refractivity contribution in [1.82, 2.24) is 4.90 Å². The van der Waals surface area contributed by atoms with E-state index >= 15 is 0 Å². The van der Waals surface area contributed by atoms with Gasteiger partial charge in [0.15, 0.2) is 0 Å². The number of hydrogen-bond donors (Lipinski definition) is 1. The van der Waals surface area contributed by atoms with Crippen molar-refractivity contribution in [3.05, 3.63) is 41.1 Å². The molecule has 6 heteroatoms. The largest absolute Gasteiger partial charge is 0.444 e. The third-order valence-corrected chi connectivity index (χ3v) is 5.36. The maximum Gasteiger partial charge on any atom is 0.410 e. The van der Waals surface area contributed by atoms with Crippen molar-refractivity contribution in [2.75, 3.05) is 13.1 Å². The summed E-state index contributed by atoms with van der Waals surface area (Å²) in [4.78, 5) is 18.9. The van der Waals surface area contributed by atoms with Crippen LogP contribution in [0, 0.1) is 11.3 Å². The summed E-state index contributed by atoms with van der Waals surface area (Å²) in [6, 6.07) is 10.5. The Balaban J connectivity index is 1.80. The maximum absolute atomic E-state index is 12.5. The van der Waals surface area contributed by atoms with Gasteiger partial charge in [0, 0.05) is 29.9 Å². The highest BCUT2D eigenvalue weighted by Gasteiger charge is 2.29. The summed E-state index contributed by atoms with van der Waals surface area (Å²) in [5, 5.41) is 9.07. The number of rotatable bonds is 3. The number of aliphatic imine (C=N–C) groups is 1. The molecule has 3 rings (SSSR count). The molecule has 2 aliphatic rings. The van der Waals surface area contributed by atoms with Gasteiger partial charge in [0.25, 0.3) is 0 Å². The van der Waals surface area contributed by atoms with Crippen LogP contribution in [0.4, 0.5) is 10.5 Å². The number of carbonyl (C=O) groups is 1. The maximum atomic E-state index is 12.5. The molecule has 1 aliphatic heterocycles. The Labute approximate surface area is 173 Å². The standard InChI is InChI=1S/C23H30N4O2/c1-23(2,3)29-22(28)27-14-12-21(19(15-27)20(25)11-13-24)26-18-9-7-17(8-10-18)16-5-4-6-16/h7-10,16H,4-6,11-12,14-15,25H2,1-3H3/b20-19-,26-21?. The van der Waals surface area contributed by atoms with Gasteiger partial charge in [0.2, 0.25) is 0 Å². The molecule has 6 nitrogen and oxygen atoms in total. The summed E-state index contributed by atoms with van der Waals surface area (Å²) in [6.45, 7) is 6.35. The molecule has 0 radical (unpaired) electrons. The van der Waals surface area contributed by atoms with E-state index in [0.29, 0.717) is 31.1 Å². The average Bonchev–Trinajstić information content (AvgIpc) is 2.61. The Bertz CT molecular complexity index is 852. The lowest BCUT2D eigenvalue weighted by Crippen LogP contribution is -2.43. The number of benzene rings is 1. The molecule has 1 saturated heterocycles. The quantitative estimate of drug-likeness (QED) is 0.797. The number of allylic oxidation sites excluding steroid dienone is 1. The van der Waals surface area contributed by atoms with Crippen LogP contribution in [0.15, 0.2) is 40.5 Å². The first-order chi connectivity index (χ1) is 13.8. The molecule has 2 fully saturated rings. The molecule has 0 aromatic heterocycles. The number of nitrogens with two attached hydrogens (primary N) is 1. The van der Waals surface area contributed by atoms with Crippen molar-refractivity contribution in [2.24, 2.45) is 10.7 Å². The third kappa shape index (κ3) is 5.38. The van der Waals surface area contributed by atoms with Gasteiger partial charge in [-0.2, -0.15) is 5.26 Å². The van der Waals surface area contributed by atoms with Crippen molar-refractivity contribution in [1.29, 1.82) is 5.26 Å². The van der Waals surface area contributed by atoms with Crippen molar-refractivity contribution in [3.63, 3.8) is 0 Å². The summed E-state index contributed by atoms with van der Waals surface area (Å²) in [6.07, 6.45) is 4.17. The minimum atomic E-state index is -0.560. The first kappa shape index (κ1) is 20.9. The predicted octanol–water partition coefficient (Wildman–Crippen LogP) is 4.79. The molecule has 1 heterocycles. The first-order valence-electron chi connectivity index (χ1n) is 10.3. The van der Waals surface area contributed by atoms with Gasteiger partial charge in [-0.1, -0.05) is 18.6 Å². The van der Waals surface area contributed by atoms with E-state index in [1.807, 2.05) is 32.9 Å². The molecule has 2 N–H and O–H groups in total. The number of piperidine rings is 1. The molecule has 1 saturated carbocycles. The van der Waals surface area contributed by atoms with Gasteiger partial charge in [0.05, 0.1) is 24.7 Å². The Kier molecular flexibility index (Phi) is 6.26. The van der Waals surface area contributed by atoms with Gasteiger partial charge in [0.1, 0.15) is 5.60 Å². The van der Waals surface area contributed by atoms with E-state index in [2.05, 4.69) is 18.2 Å². The number of carbonyl (C=O) groups excluding carboxylic acids is 1. The molecule has 0 bridgehead atoms. The minimum Gasteiger partial charge on any atom is -0.444 e. The van der Waals surface area contributed by atoms with Crippen LogP contribution in [0.1, 0.15) is 64.4 Å². The lowest BCUT2D eigenvalue weighted by atomic mass is 9.80. The van der Waals surface area contributed by atoms with Gasteiger partial charge in [-0.05, 0) is 57.2 Å². The lowest BCUT2D eigenvalue weighted by Gasteiger charge is -2.32. The van der Waals surface area contributed by atoms with Gasteiger partial charge in [-0.15, -0.1) is 0 Å². The normalized spacial score (nSPS) is 20.8. The van der Waals surface area contributed by atoms with Crippen LogP contribution in [-0.2, 0) is 4.74 Å². The molecule has 1 aromatic rings. The topological polar surface area (TPSA) is 91.7 Å². The number of amides is 1. The monoisotopic (exact) mass is 394 g/mol. The second-order valence-corrected chi connectivity index (χ2v) is 8.77. The fourth-order valence-corrected chi connectivity index (χ4v) is 3.56. The molecule has 29 heavy (non-hydrogen) atoms. The van der Waals surface area contributed by atoms with E-state index in [0.717, 1.165) is 17.0 Å². The first-order valence-corrected chi connectivity index (χ1v) is 10.3. The summed E-state index contributed by atoms with van der Waals surface area (Å²) in [5.41, 5.74) is 9.93. The van der Waals surface area contributed by atoms with E-state index < -0.39 is 5.60 Å². The molecule has 1 aliphatic carbocycles. The molecule has 1 amide bonds. The predicted molar refractivity (Wildman–Crippen MR) is 114 cm³/mol. The third-order valence-electron chi connectivity index (χ3n) is 5.36. The number of hydrogen-bond acceptors (Lipinski definition) is 5. The highest BCUT2D eigenvalue weighted by Crippen LogP contribution is 2.37. The Morgan fingerprint density at radius 2 is 2.00 bits per heavy atom. The van der Waals surface area contributed by atoms with E-state index in [1.165, 1.54) is 24.8 Å². The fraction of sp³-hybridized carbons (Fsp3) is 0.522. The smallest absolute Gasteiger partial charge is 0.410 e. The zero-order valence-corrected chi connectivity index (χ0v) is 17.6. The lowest BCUT2D eigenvalue weighted by molar-refractivity contribution is 0.0267. The van der Waals surface area contributed by atoms with Crippen molar-refractivity contribution < 1.29 is 9.53 Å². The van der Waals surface area contributed by atoms with Crippen molar-refractivity contribution >= 4 is 17.5 Å². The van der Waals surface area contributed by atoms with Crippen LogP contribution in [-0.4, -0.2) is 35.4 Å². The van der Waals surface area contributed by atoms with E-state index in [1.54, 1.807) is 4.90 Å². The molecule has 0 spiro atoms. The summed E-state index contributed by atoms with van der Waals surface area (Å²) >= 11 is 0. The SMILES string of the molecule is CC(C)(C)OC(=O)N1CCC(=Nc2ccc(C3CCC3)cc2)/C(=C(\N)CC#N)C1. The average molecular weight is 395 g/mol. The second kappa shape index (κ2) is 8.69. The van der Waals surface area contributed by atoms with E-state index in [9.17, 15) is 4.79 Å². The Hall–Kier alpha value is -2.81. The Morgan fingerprint density at radius 3 is 2.55 bits per heavy atom. The van der Waals surface area contributed by atoms with Gasteiger partial charge < -0.3 is 15.4 Å². The van der Waals surface area contributed by atoms with E-state index in [4.69, 9.17) is 20.7 Å². The van der Waals surface area contributed by atoms with Crippen LogP contribution in [0.2, 0.25) is 0 Å². The molecular formula is C23H30N4O2. The van der Waals surface area contributed by atoms with Crippen LogP contribution in [0.25, 0.3) is 0 Å². The highest BCUT2D eigenvalue weighted by molar-refractivity contribution is 6.04. The van der Waals surface area contributed by atoms with Gasteiger partial charge in [-0.3, -0.25) is 4.99 Å². The summed E-state index contributed by atoms with van der Waals surface area (Å²) < 4.78 is 5.49. The Morgan fingerprint density at radius 1 is 1.31 bits per heavy atom. The number of nitrogens with zero attached hydrogens (tertiary/aromatic N) is 3. The highest BCUT2D eigenvalue weighted by atomic mass is 16.6. The number of nitriles is 1. The van der Waals surface area contributed by atoms with E-state index in [-0.39, 0.29) is 12.5 Å².